The third-order valence-electron chi connectivity index (χ3n) is 3.28. The molecule has 0 amide bonds. The van der Waals surface area contributed by atoms with E-state index in [0.717, 1.165) is 6.42 Å². The summed E-state index contributed by atoms with van der Waals surface area (Å²) in [7, 11) is -1.71. The maximum atomic E-state index is 12.4. The van der Waals surface area contributed by atoms with Crippen molar-refractivity contribution in [2.24, 2.45) is 7.05 Å². The van der Waals surface area contributed by atoms with Gasteiger partial charge in [-0.1, -0.05) is 11.6 Å². The molecule has 1 aromatic rings. The van der Waals surface area contributed by atoms with Gasteiger partial charge in [0.1, 0.15) is 4.90 Å². The molecule has 2 rings (SSSR count). The molecule has 0 bridgehead atoms. The number of hydrogen-bond donors (Lipinski definition) is 1. The highest BCUT2D eigenvalue weighted by Gasteiger charge is 2.26. The third kappa shape index (κ3) is 2.36. The molecule has 6 heteroatoms. The Kier molecular flexibility index (Phi) is 3.61. The minimum Gasteiger partial charge on any atom is -0.390 e. The molecule has 0 saturated heterocycles. The standard InChI is InChI=1S/C12H18N2O3S/c1-10-3-5-14(6-4-10)18(16,17)12-7-11(9-15)13(2)8-12/h3,7-8,15H,4-6,9H2,1-2H3. The van der Waals surface area contributed by atoms with Crippen LogP contribution in [-0.4, -0.2) is 35.5 Å². The summed E-state index contributed by atoms with van der Waals surface area (Å²) >= 11 is 0. The van der Waals surface area contributed by atoms with Gasteiger partial charge >= 0.3 is 0 Å². The fourth-order valence-corrected chi connectivity index (χ4v) is 3.47. The van der Waals surface area contributed by atoms with Crippen LogP contribution in [0.25, 0.3) is 0 Å². The topological polar surface area (TPSA) is 62.5 Å². The fraction of sp³-hybridized carbons (Fsp3) is 0.500. The van der Waals surface area contributed by atoms with E-state index >= 15 is 0 Å². The van der Waals surface area contributed by atoms with Gasteiger partial charge in [0.2, 0.25) is 10.0 Å². The predicted molar refractivity (Wildman–Crippen MR) is 68.5 cm³/mol. The minimum absolute atomic E-state index is 0.162. The van der Waals surface area contributed by atoms with Gasteiger partial charge in [0.15, 0.2) is 0 Å². The summed E-state index contributed by atoms with van der Waals surface area (Å²) in [5.74, 6) is 0. The summed E-state index contributed by atoms with van der Waals surface area (Å²) in [5, 5.41) is 9.10. The molecule has 5 nitrogen and oxygen atoms in total. The lowest BCUT2D eigenvalue weighted by Gasteiger charge is -2.24. The van der Waals surface area contributed by atoms with Gasteiger partial charge in [-0.3, -0.25) is 0 Å². The first-order valence-corrected chi connectivity index (χ1v) is 7.31. The van der Waals surface area contributed by atoms with Crippen molar-refractivity contribution >= 4 is 10.0 Å². The van der Waals surface area contributed by atoms with Crippen molar-refractivity contribution in [2.75, 3.05) is 13.1 Å². The van der Waals surface area contributed by atoms with Crippen LogP contribution < -0.4 is 0 Å². The number of aryl methyl sites for hydroxylation is 1. The molecule has 0 spiro atoms. The molecular weight excluding hydrogens is 252 g/mol. The number of nitrogens with zero attached hydrogens (tertiary/aromatic N) is 2. The van der Waals surface area contributed by atoms with E-state index in [2.05, 4.69) is 0 Å². The van der Waals surface area contributed by atoms with Gasteiger partial charge < -0.3 is 9.67 Å². The van der Waals surface area contributed by atoms with Gasteiger partial charge in [0.05, 0.1) is 6.61 Å². The second kappa shape index (κ2) is 4.87. The zero-order valence-electron chi connectivity index (χ0n) is 10.6. The number of hydrogen-bond acceptors (Lipinski definition) is 3. The van der Waals surface area contributed by atoms with Crippen LogP contribution in [0, 0.1) is 0 Å². The SMILES string of the molecule is CC1=CCN(S(=O)(=O)c2cc(CO)n(C)c2)CC1. The second-order valence-electron chi connectivity index (χ2n) is 4.60. The summed E-state index contributed by atoms with van der Waals surface area (Å²) < 4.78 is 27.9. The van der Waals surface area contributed by atoms with Crippen LogP contribution in [0.2, 0.25) is 0 Å². The largest absolute Gasteiger partial charge is 0.390 e. The summed E-state index contributed by atoms with van der Waals surface area (Å²) in [5.41, 5.74) is 1.82. The van der Waals surface area contributed by atoms with Gasteiger partial charge in [-0.05, 0) is 19.4 Å². The van der Waals surface area contributed by atoms with E-state index in [0.29, 0.717) is 18.8 Å². The molecule has 1 aliphatic heterocycles. The lowest BCUT2D eigenvalue weighted by atomic mass is 10.1. The molecule has 0 aromatic carbocycles. The number of aromatic nitrogens is 1. The molecule has 2 heterocycles. The minimum atomic E-state index is -3.44. The Balaban J connectivity index is 2.30. The first-order chi connectivity index (χ1) is 8.45. The van der Waals surface area contributed by atoms with E-state index in [9.17, 15) is 8.42 Å². The van der Waals surface area contributed by atoms with Crippen LogP contribution in [0.4, 0.5) is 0 Å². The molecular formula is C12H18N2O3S. The Morgan fingerprint density at radius 1 is 1.44 bits per heavy atom. The average Bonchev–Trinajstić information content (AvgIpc) is 2.72. The van der Waals surface area contributed by atoms with Crippen molar-refractivity contribution in [3.8, 4) is 0 Å². The summed E-state index contributed by atoms with van der Waals surface area (Å²) in [6, 6.07) is 1.53. The zero-order valence-corrected chi connectivity index (χ0v) is 11.4. The first-order valence-electron chi connectivity index (χ1n) is 5.87. The smallest absolute Gasteiger partial charge is 0.244 e. The van der Waals surface area contributed by atoms with E-state index in [1.54, 1.807) is 17.8 Å². The molecule has 1 N–H and O–H groups in total. The van der Waals surface area contributed by atoms with E-state index < -0.39 is 10.0 Å². The second-order valence-corrected chi connectivity index (χ2v) is 6.54. The zero-order chi connectivity index (χ0) is 13.3. The van der Waals surface area contributed by atoms with Gasteiger partial charge in [0.25, 0.3) is 0 Å². The molecule has 1 aliphatic rings. The van der Waals surface area contributed by atoms with Crippen molar-refractivity contribution in [1.29, 1.82) is 0 Å². The molecule has 100 valence electrons. The Morgan fingerprint density at radius 2 is 2.17 bits per heavy atom. The predicted octanol–water partition coefficient (Wildman–Crippen LogP) is 0.858. The lowest BCUT2D eigenvalue weighted by molar-refractivity contribution is 0.272. The van der Waals surface area contributed by atoms with E-state index in [-0.39, 0.29) is 11.5 Å². The molecule has 0 aliphatic carbocycles. The van der Waals surface area contributed by atoms with Crippen molar-refractivity contribution in [3.63, 3.8) is 0 Å². The molecule has 0 atom stereocenters. The first kappa shape index (κ1) is 13.3. The normalized spacial score (nSPS) is 17.8. The average molecular weight is 270 g/mol. The maximum Gasteiger partial charge on any atom is 0.244 e. The van der Waals surface area contributed by atoms with Crippen LogP contribution in [-0.2, 0) is 23.7 Å². The van der Waals surface area contributed by atoms with Crippen LogP contribution in [0.1, 0.15) is 19.0 Å². The Labute approximate surface area is 107 Å². The molecule has 18 heavy (non-hydrogen) atoms. The maximum absolute atomic E-state index is 12.4. The highest BCUT2D eigenvalue weighted by molar-refractivity contribution is 7.89. The van der Waals surface area contributed by atoms with Gasteiger partial charge in [-0.2, -0.15) is 4.31 Å². The van der Waals surface area contributed by atoms with Gasteiger partial charge in [0, 0.05) is 32.0 Å². The van der Waals surface area contributed by atoms with E-state index in [1.165, 1.54) is 15.9 Å². The van der Waals surface area contributed by atoms with Gasteiger partial charge in [-0.15, -0.1) is 0 Å². The lowest BCUT2D eigenvalue weighted by Crippen LogP contribution is -2.34. The molecule has 1 aromatic heterocycles. The summed E-state index contributed by atoms with van der Waals surface area (Å²) in [4.78, 5) is 0.252. The highest BCUT2D eigenvalue weighted by Crippen LogP contribution is 2.21. The number of aliphatic hydroxyl groups excluding tert-OH is 1. The molecule has 0 fully saturated rings. The number of rotatable bonds is 3. The molecule has 0 radical (unpaired) electrons. The van der Waals surface area contributed by atoms with Crippen molar-refractivity contribution in [1.82, 2.24) is 8.87 Å². The number of sulfonamides is 1. The van der Waals surface area contributed by atoms with Crippen molar-refractivity contribution < 1.29 is 13.5 Å². The van der Waals surface area contributed by atoms with E-state index in [1.807, 2.05) is 13.0 Å². The van der Waals surface area contributed by atoms with Crippen LogP contribution in [0.3, 0.4) is 0 Å². The third-order valence-corrected chi connectivity index (χ3v) is 5.11. The van der Waals surface area contributed by atoms with E-state index in [4.69, 9.17) is 5.11 Å². The van der Waals surface area contributed by atoms with Crippen LogP contribution in [0.5, 0.6) is 0 Å². The van der Waals surface area contributed by atoms with Crippen molar-refractivity contribution in [2.45, 2.75) is 24.8 Å². The van der Waals surface area contributed by atoms with Crippen molar-refractivity contribution in [3.05, 3.63) is 29.6 Å². The summed E-state index contributed by atoms with van der Waals surface area (Å²) in [6.45, 7) is 2.80. The molecule has 0 unspecified atom stereocenters. The summed E-state index contributed by atoms with van der Waals surface area (Å²) in [6.07, 6.45) is 4.27. The Morgan fingerprint density at radius 3 is 2.67 bits per heavy atom. The monoisotopic (exact) mass is 270 g/mol. The Hall–Kier alpha value is -1.11. The Bertz CT molecular complexity index is 572. The fourth-order valence-electron chi connectivity index (χ4n) is 1.99. The quantitative estimate of drug-likeness (QED) is 0.829. The molecule has 0 saturated carbocycles. The highest BCUT2D eigenvalue weighted by atomic mass is 32.2. The van der Waals surface area contributed by atoms with Crippen LogP contribution in [0.15, 0.2) is 28.8 Å². The van der Waals surface area contributed by atoms with Gasteiger partial charge in [-0.25, -0.2) is 8.42 Å². The number of aliphatic hydroxyl groups is 1. The van der Waals surface area contributed by atoms with Crippen LogP contribution >= 0.6 is 0 Å².